The fraction of sp³-hybridized carbons (Fsp3) is 0.368. The molecular weight excluding hydrogens is 372 g/mol. The molecule has 1 aliphatic rings. The lowest BCUT2D eigenvalue weighted by Crippen LogP contribution is -2.48. The van der Waals surface area contributed by atoms with Crippen molar-refractivity contribution < 1.29 is 13.2 Å². The first-order valence-corrected chi connectivity index (χ1v) is 9.82. The molecule has 1 unspecified atom stereocenters. The summed E-state index contributed by atoms with van der Waals surface area (Å²) in [5.74, 6) is 0.705. The topological polar surface area (TPSA) is 58.6 Å². The van der Waals surface area contributed by atoms with Gasteiger partial charge in [0.15, 0.2) is 0 Å². The highest BCUT2D eigenvalue weighted by atomic mass is 35.5. The van der Waals surface area contributed by atoms with Crippen LogP contribution < -0.4 is 10.1 Å². The third kappa shape index (κ3) is 3.88. The van der Waals surface area contributed by atoms with Crippen LogP contribution in [0.15, 0.2) is 47.4 Å². The Kier molecular flexibility index (Phi) is 6.69. The van der Waals surface area contributed by atoms with Gasteiger partial charge in [0.25, 0.3) is 0 Å². The molecule has 0 bridgehead atoms. The first-order chi connectivity index (χ1) is 11.9. The number of methoxy groups -OCH3 is 1. The number of hydrogen-bond acceptors (Lipinski definition) is 4. The zero-order valence-corrected chi connectivity index (χ0v) is 16.9. The predicted molar refractivity (Wildman–Crippen MR) is 106 cm³/mol. The average Bonchev–Trinajstić information content (AvgIpc) is 2.63. The van der Waals surface area contributed by atoms with Crippen LogP contribution in [0, 0.1) is 13.8 Å². The Morgan fingerprint density at radius 1 is 1.12 bits per heavy atom. The summed E-state index contributed by atoms with van der Waals surface area (Å²) in [6.45, 7) is 5.54. The quantitative estimate of drug-likeness (QED) is 0.862. The molecule has 142 valence electrons. The van der Waals surface area contributed by atoms with E-state index in [0.717, 1.165) is 16.7 Å². The molecule has 1 fully saturated rings. The van der Waals surface area contributed by atoms with Gasteiger partial charge in [-0.25, -0.2) is 8.42 Å². The van der Waals surface area contributed by atoms with E-state index >= 15 is 0 Å². The highest BCUT2D eigenvalue weighted by Gasteiger charge is 2.35. The molecule has 0 radical (unpaired) electrons. The van der Waals surface area contributed by atoms with Crippen molar-refractivity contribution in [1.82, 2.24) is 9.62 Å². The van der Waals surface area contributed by atoms with Crippen LogP contribution in [0.25, 0.3) is 0 Å². The van der Waals surface area contributed by atoms with Gasteiger partial charge in [-0.3, -0.25) is 0 Å². The van der Waals surface area contributed by atoms with Crippen LogP contribution in [0.2, 0.25) is 0 Å². The minimum atomic E-state index is -3.59. The Hall–Kier alpha value is -1.60. The van der Waals surface area contributed by atoms with Crippen LogP contribution in [0.1, 0.15) is 22.7 Å². The third-order valence-electron chi connectivity index (χ3n) is 4.78. The number of hydrogen-bond donors (Lipinski definition) is 1. The summed E-state index contributed by atoms with van der Waals surface area (Å²) >= 11 is 0. The Morgan fingerprint density at radius 3 is 2.54 bits per heavy atom. The Balaban J connectivity index is 0.00000243. The lowest BCUT2D eigenvalue weighted by molar-refractivity contribution is 0.264. The molecule has 0 saturated carbocycles. The number of nitrogens with one attached hydrogen (secondary N) is 1. The van der Waals surface area contributed by atoms with Crippen molar-refractivity contribution in [3.8, 4) is 5.75 Å². The van der Waals surface area contributed by atoms with Crippen LogP contribution in [0.5, 0.6) is 5.75 Å². The van der Waals surface area contributed by atoms with E-state index in [1.54, 1.807) is 23.5 Å². The van der Waals surface area contributed by atoms with E-state index in [4.69, 9.17) is 4.74 Å². The average molecular weight is 397 g/mol. The maximum Gasteiger partial charge on any atom is 0.243 e. The van der Waals surface area contributed by atoms with Crippen molar-refractivity contribution in [2.24, 2.45) is 0 Å². The van der Waals surface area contributed by atoms with Crippen molar-refractivity contribution in [3.63, 3.8) is 0 Å². The first kappa shape index (κ1) is 20.7. The summed E-state index contributed by atoms with van der Waals surface area (Å²) < 4.78 is 33.6. The van der Waals surface area contributed by atoms with Crippen LogP contribution in [-0.2, 0) is 10.0 Å². The van der Waals surface area contributed by atoms with Gasteiger partial charge < -0.3 is 10.1 Å². The molecule has 2 aromatic carbocycles. The number of rotatable bonds is 4. The standard InChI is InChI=1S/C19H24N2O3S.ClH/c1-14-8-9-16(12-15(14)2)25(22,23)21-11-10-20-13-18(21)17-6-4-5-7-19(17)24-3;/h4-9,12,18,20H,10-11,13H2,1-3H3;1H. The van der Waals surface area contributed by atoms with Crippen LogP contribution in [-0.4, -0.2) is 39.5 Å². The van der Waals surface area contributed by atoms with Gasteiger partial charge in [0.2, 0.25) is 10.0 Å². The Labute approximate surface area is 161 Å². The number of aryl methyl sites for hydroxylation is 2. The summed E-state index contributed by atoms with van der Waals surface area (Å²) in [4.78, 5) is 0.345. The summed E-state index contributed by atoms with van der Waals surface area (Å²) in [5, 5.41) is 3.30. The van der Waals surface area contributed by atoms with Crippen molar-refractivity contribution >= 4 is 22.4 Å². The fourth-order valence-electron chi connectivity index (χ4n) is 3.19. The van der Waals surface area contributed by atoms with Gasteiger partial charge in [-0.2, -0.15) is 4.31 Å². The van der Waals surface area contributed by atoms with Gasteiger partial charge in [-0.15, -0.1) is 12.4 Å². The van der Waals surface area contributed by atoms with Crippen molar-refractivity contribution in [3.05, 3.63) is 59.2 Å². The zero-order valence-electron chi connectivity index (χ0n) is 15.2. The number of ether oxygens (including phenoxy) is 1. The predicted octanol–water partition coefficient (Wildman–Crippen LogP) is 3.07. The second-order valence-electron chi connectivity index (χ2n) is 6.32. The molecule has 1 atom stereocenters. The van der Waals surface area contributed by atoms with Gasteiger partial charge in [0, 0.05) is 25.2 Å². The SMILES string of the molecule is COc1ccccc1C1CNCCN1S(=O)(=O)c1ccc(C)c(C)c1.Cl. The monoisotopic (exact) mass is 396 g/mol. The van der Waals surface area contributed by atoms with Crippen LogP contribution in [0.4, 0.5) is 0 Å². The summed E-state index contributed by atoms with van der Waals surface area (Å²) in [6.07, 6.45) is 0. The summed E-state index contributed by atoms with van der Waals surface area (Å²) in [5.41, 5.74) is 2.94. The molecule has 1 N–H and O–H groups in total. The fourth-order valence-corrected chi connectivity index (χ4v) is 4.88. The van der Waals surface area contributed by atoms with E-state index in [9.17, 15) is 8.42 Å². The van der Waals surface area contributed by atoms with Gasteiger partial charge in [0.1, 0.15) is 5.75 Å². The molecule has 0 aromatic heterocycles. The van der Waals surface area contributed by atoms with E-state index in [2.05, 4.69) is 5.32 Å². The molecule has 3 rings (SSSR count). The molecule has 1 aliphatic heterocycles. The summed E-state index contributed by atoms with van der Waals surface area (Å²) in [6, 6.07) is 12.6. The van der Waals surface area contributed by atoms with Crippen molar-refractivity contribution in [1.29, 1.82) is 0 Å². The molecule has 7 heteroatoms. The molecule has 5 nitrogen and oxygen atoms in total. The van der Waals surface area contributed by atoms with E-state index in [-0.39, 0.29) is 18.4 Å². The van der Waals surface area contributed by atoms with E-state index in [1.165, 1.54) is 0 Å². The second-order valence-corrected chi connectivity index (χ2v) is 8.21. The molecular formula is C19H25ClN2O3S. The summed E-state index contributed by atoms with van der Waals surface area (Å²) in [7, 11) is -1.98. The molecule has 1 saturated heterocycles. The van der Waals surface area contributed by atoms with Crippen molar-refractivity contribution in [2.45, 2.75) is 24.8 Å². The van der Waals surface area contributed by atoms with E-state index in [1.807, 2.05) is 44.2 Å². The number of benzene rings is 2. The Morgan fingerprint density at radius 2 is 1.85 bits per heavy atom. The largest absolute Gasteiger partial charge is 0.496 e. The first-order valence-electron chi connectivity index (χ1n) is 8.38. The number of piperazine rings is 1. The minimum Gasteiger partial charge on any atom is -0.496 e. The molecule has 2 aromatic rings. The third-order valence-corrected chi connectivity index (χ3v) is 6.68. The second kappa shape index (κ2) is 8.39. The lowest BCUT2D eigenvalue weighted by Gasteiger charge is -2.36. The zero-order chi connectivity index (χ0) is 18.0. The Bertz CT molecular complexity index is 871. The van der Waals surface area contributed by atoms with Crippen LogP contribution in [0.3, 0.4) is 0 Å². The molecule has 26 heavy (non-hydrogen) atoms. The van der Waals surface area contributed by atoms with Crippen molar-refractivity contribution in [2.75, 3.05) is 26.7 Å². The molecule has 1 heterocycles. The maximum atomic E-state index is 13.3. The molecule has 0 aliphatic carbocycles. The number of halogens is 1. The maximum absolute atomic E-state index is 13.3. The van der Waals surface area contributed by atoms with Gasteiger partial charge in [-0.05, 0) is 43.2 Å². The molecule has 0 amide bonds. The van der Waals surface area contributed by atoms with Gasteiger partial charge >= 0.3 is 0 Å². The minimum absolute atomic E-state index is 0. The highest BCUT2D eigenvalue weighted by molar-refractivity contribution is 7.89. The van der Waals surface area contributed by atoms with E-state index in [0.29, 0.717) is 30.3 Å². The lowest BCUT2D eigenvalue weighted by atomic mass is 10.0. The molecule has 0 spiro atoms. The van der Waals surface area contributed by atoms with E-state index < -0.39 is 10.0 Å². The number of para-hydroxylation sites is 1. The number of nitrogens with zero attached hydrogens (tertiary/aromatic N) is 1. The number of sulfonamides is 1. The highest BCUT2D eigenvalue weighted by Crippen LogP contribution is 2.34. The van der Waals surface area contributed by atoms with Crippen LogP contribution >= 0.6 is 12.4 Å². The smallest absolute Gasteiger partial charge is 0.243 e. The van der Waals surface area contributed by atoms with Gasteiger partial charge in [0.05, 0.1) is 18.0 Å². The normalized spacial score (nSPS) is 18.2. The van der Waals surface area contributed by atoms with Gasteiger partial charge in [-0.1, -0.05) is 24.3 Å².